The Morgan fingerprint density at radius 1 is 1.17 bits per heavy atom. The van der Waals surface area contributed by atoms with Crippen LogP contribution >= 0.6 is 0 Å². The Hall–Kier alpha value is -2.68. The first-order chi connectivity index (χ1) is 13.8. The van der Waals surface area contributed by atoms with Crippen LogP contribution in [0.1, 0.15) is 29.0 Å². The molecule has 0 saturated heterocycles. The average molecular weight is 415 g/mol. The number of para-hydroxylation sites is 1. The molecule has 7 nitrogen and oxygen atoms in total. The summed E-state index contributed by atoms with van der Waals surface area (Å²) in [5.41, 5.74) is 1.60. The molecule has 1 saturated carbocycles. The number of carboxylic acid groups (broad SMARTS) is 1. The van der Waals surface area contributed by atoms with Crippen LogP contribution in [0.25, 0.3) is 5.57 Å². The maximum absolute atomic E-state index is 12.7. The van der Waals surface area contributed by atoms with Crippen LogP contribution in [0.3, 0.4) is 0 Å². The third-order valence-corrected chi connectivity index (χ3v) is 6.79. The average Bonchev–Trinajstić information content (AvgIpc) is 3.17. The number of fused-ring (bicyclic) bond motifs is 3. The van der Waals surface area contributed by atoms with Gasteiger partial charge < -0.3 is 14.9 Å². The summed E-state index contributed by atoms with van der Waals surface area (Å²) in [4.78, 5) is 11.3. The first kappa shape index (κ1) is 19.6. The number of carbonyl (C=O) groups is 1. The van der Waals surface area contributed by atoms with Crippen LogP contribution in [0.2, 0.25) is 0 Å². The topological polar surface area (TPSA) is 113 Å². The molecular weight excluding hydrogens is 394 g/mol. The van der Waals surface area contributed by atoms with Gasteiger partial charge in [0, 0.05) is 23.5 Å². The molecule has 152 valence electrons. The number of hydrogen-bond acceptors (Lipinski definition) is 5. The predicted octanol–water partition coefficient (Wildman–Crippen LogP) is 1.88. The molecule has 1 aliphatic heterocycles. The van der Waals surface area contributed by atoms with Gasteiger partial charge in [-0.1, -0.05) is 55.1 Å². The standard InChI is InChI=1S/C21H21NO6S/c1-12(21(24)25)14-8-5-9-15-18-17(28-20(14)15)10-16(23)19(18)22-29(26,27)11-13-6-3-2-4-7-13/h2-9,16-19,22-23H,1,10-11H2,(H,24,25). The Morgan fingerprint density at radius 2 is 1.90 bits per heavy atom. The first-order valence-electron chi connectivity index (χ1n) is 9.21. The number of aliphatic carboxylic acids is 1. The molecule has 3 N–H and O–H groups in total. The number of aliphatic hydroxyl groups is 1. The quantitative estimate of drug-likeness (QED) is 0.621. The number of aliphatic hydroxyl groups excluding tert-OH is 1. The highest BCUT2D eigenvalue weighted by molar-refractivity contribution is 7.88. The zero-order valence-electron chi connectivity index (χ0n) is 15.5. The summed E-state index contributed by atoms with van der Waals surface area (Å²) in [6.07, 6.45) is -1.10. The van der Waals surface area contributed by atoms with Crippen molar-refractivity contribution in [3.8, 4) is 5.75 Å². The Labute approximate surface area is 168 Å². The lowest BCUT2D eigenvalue weighted by atomic mass is 9.91. The Bertz CT molecular complexity index is 1070. The minimum Gasteiger partial charge on any atom is -0.489 e. The molecule has 4 unspecified atom stereocenters. The lowest BCUT2D eigenvalue weighted by molar-refractivity contribution is -0.130. The molecule has 4 rings (SSSR count). The van der Waals surface area contributed by atoms with E-state index in [1.807, 2.05) is 6.07 Å². The fourth-order valence-corrected chi connectivity index (χ4v) is 5.60. The molecule has 0 radical (unpaired) electrons. The molecule has 1 aliphatic carbocycles. The number of ether oxygens (including phenoxy) is 1. The molecule has 0 spiro atoms. The van der Waals surface area contributed by atoms with E-state index in [1.165, 1.54) is 0 Å². The molecule has 1 heterocycles. The summed E-state index contributed by atoms with van der Waals surface area (Å²) in [5.74, 6) is -1.36. The fraction of sp³-hybridized carbons (Fsp3) is 0.286. The second-order valence-electron chi connectivity index (χ2n) is 7.38. The molecule has 2 aromatic carbocycles. The van der Waals surface area contributed by atoms with E-state index < -0.39 is 40.2 Å². The van der Waals surface area contributed by atoms with E-state index in [4.69, 9.17) is 4.74 Å². The van der Waals surface area contributed by atoms with Gasteiger partial charge in [0.15, 0.2) is 0 Å². The minimum atomic E-state index is -3.71. The van der Waals surface area contributed by atoms with Crippen LogP contribution < -0.4 is 9.46 Å². The highest BCUT2D eigenvalue weighted by Crippen LogP contribution is 2.49. The normalized spacial score (nSPS) is 25.1. The van der Waals surface area contributed by atoms with Crippen molar-refractivity contribution >= 4 is 21.6 Å². The van der Waals surface area contributed by atoms with E-state index in [9.17, 15) is 23.4 Å². The molecule has 1 fully saturated rings. The molecule has 0 bridgehead atoms. The minimum absolute atomic E-state index is 0.0939. The number of hydrogen-bond donors (Lipinski definition) is 3. The highest BCUT2D eigenvalue weighted by atomic mass is 32.2. The van der Waals surface area contributed by atoms with Crippen molar-refractivity contribution in [1.82, 2.24) is 4.72 Å². The largest absolute Gasteiger partial charge is 0.489 e. The molecule has 0 aromatic heterocycles. The van der Waals surface area contributed by atoms with Crippen LogP contribution in [0.15, 0.2) is 55.1 Å². The van der Waals surface area contributed by atoms with Gasteiger partial charge >= 0.3 is 5.97 Å². The van der Waals surface area contributed by atoms with E-state index in [1.54, 1.807) is 42.5 Å². The summed E-state index contributed by atoms with van der Waals surface area (Å²) >= 11 is 0. The number of carboxylic acids is 1. The third kappa shape index (κ3) is 3.66. The Kier molecular flexibility index (Phi) is 4.94. The van der Waals surface area contributed by atoms with Gasteiger partial charge in [-0.05, 0) is 5.56 Å². The maximum Gasteiger partial charge on any atom is 0.335 e. The SMILES string of the molecule is C=C(C(=O)O)c1cccc2c1OC1CC(O)C(NS(=O)(=O)Cc3ccccc3)C21. The smallest absolute Gasteiger partial charge is 0.335 e. The molecule has 2 aromatic rings. The molecule has 4 atom stereocenters. The van der Waals surface area contributed by atoms with Crippen LogP contribution in [0.4, 0.5) is 0 Å². The van der Waals surface area contributed by atoms with E-state index in [0.29, 0.717) is 22.4 Å². The summed E-state index contributed by atoms with van der Waals surface area (Å²) in [7, 11) is -3.71. The summed E-state index contributed by atoms with van der Waals surface area (Å²) in [6.45, 7) is 3.60. The van der Waals surface area contributed by atoms with Crippen molar-refractivity contribution < 1.29 is 28.2 Å². The Morgan fingerprint density at radius 3 is 2.59 bits per heavy atom. The van der Waals surface area contributed by atoms with Gasteiger partial charge in [-0.25, -0.2) is 17.9 Å². The number of nitrogens with one attached hydrogen (secondary N) is 1. The highest BCUT2D eigenvalue weighted by Gasteiger charge is 2.51. The summed E-state index contributed by atoms with van der Waals surface area (Å²) < 4.78 is 34.0. The van der Waals surface area contributed by atoms with Crippen molar-refractivity contribution in [2.24, 2.45) is 0 Å². The van der Waals surface area contributed by atoms with Gasteiger partial charge in [-0.15, -0.1) is 0 Å². The number of benzene rings is 2. The lowest BCUT2D eigenvalue weighted by Crippen LogP contribution is -2.43. The van der Waals surface area contributed by atoms with Gasteiger partial charge in [0.1, 0.15) is 11.9 Å². The van der Waals surface area contributed by atoms with Crippen molar-refractivity contribution in [3.05, 3.63) is 71.8 Å². The van der Waals surface area contributed by atoms with Crippen LogP contribution in [-0.4, -0.2) is 42.8 Å². The van der Waals surface area contributed by atoms with E-state index in [0.717, 1.165) is 0 Å². The fourth-order valence-electron chi connectivity index (χ4n) is 4.16. The van der Waals surface area contributed by atoms with Gasteiger partial charge in [0.2, 0.25) is 10.0 Å². The van der Waals surface area contributed by atoms with Gasteiger partial charge in [-0.2, -0.15) is 0 Å². The second-order valence-corrected chi connectivity index (χ2v) is 9.13. The van der Waals surface area contributed by atoms with E-state index >= 15 is 0 Å². The maximum atomic E-state index is 12.7. The van der Waals surface area contributed by atoms with Crippen LogP contribution in [0, 0.1) is 0 Å². The van der Waals surface area contributed by atoms with Gasteiger partial charge in [-0.3, -0.25) is 0 Å². The van der Waals surface area contributed by atoms with Crippen molar-refractivity contribution in [3.63, 3.8) is 0 Å². The third-order valence-electron chi connectivity index (χ3n) is 5.45. The second kappa shape index (κ2) is 7.29. The summed E-state index contributed by atoms with van der Waals surface area (Å²) in [5, 5.41) is 19.8. The molecule has 29 heavy (non-hydrogen) atoms. The monoisotopic (exact) mass is 415 g/mol. The van der Waals surface area contributed by atoms with Crippen LogP contribution in [0.5, 0.6) is 5.75 Å². The van der Waals surface area contributed by atoms with Crippen molar-refractivity contribution in [2.45, 2.75) is 36.3 Å². The van der Waals surface area contributed by atoms with E-state index in [2.05, 4.69) is 11.3 Å². The first-order valence-corrected chi connectivity index (χ1v) is 10.9. The number of rotatable bonds is 6. The molecule has 0 amide bonds. The summed E-state index contributed by atoms with van der Waals surface area (Å²) in [6, 6.07) is 13.1. The zero-order chi connectivity index (χ0) is 20.8. The van der Waals surface area contributed by atoms with E-state index in [-0.39, 0.29) is 17.7 Å². The predicted molar refractivity (Wildman–Crippen MR) is 107 cm³/mol. The van der Waals surface area contributed by atoms with Crippen molar-refractivity contribution in [2.75, 3.05) is 0 Å². The Balaban J connectivity index is 1.63. The molecular formula is C21H21NO6S. The van der Waals surface area contributed by atoms with Crippen LogP contribution in [-0.2, 0) is 20.6 Å². The van der Waals surface area contributed by atoms with Gasteiger partial charge in [0.25, 0.3) is 0 Å². The van der Waals surface area contributed by atoms with Crippen molar-refractivity contribution in [1.29, 1.82) is 0 Å². The molecule has 8 heteroatoms. The number of sulfonamides is 1. The lowest BCUT2D eigenvalue weighted by Gasteiger charge is -2.22. The zero-order valence-corrected chi connectivity index (χ0v) is 16.3. The molecule has 2 aliphatic rings. The van der Waals surface area contributed by atoms with Gasteiger partial charge in [0.05, 0.1) is 23.5 Å².